The van der Waals surface area contributed by atoms with Gasteiger partial charge in [-0.2, -0.15) is 0 Å². The number of hydrogen-bond acceptors (Lipinski definition) is 1. The van der Waals surface area contributed by atoms with Crippen LogP contribution in [0.2, 0.25) is 5.02 Å². The number of nitrogens with two attached hydrogens (primary N) is 1. The predicted molar refractivity (Wildman–Crippen MR) is 55.9 cm³/mol. The van der Waals surface area contributed by atoms with E-state index in [1.807, 2.05) is 6.92 Å². The van der Waals surface area contributed by atoms with Gasteiger partial charge >= 0.3 is 0 Å². The Balaban J connectivity index is 2.22. The first-order valence-corrected chi connectivity index (χ1v) is 5.18. The van der Waals surface area contributed by atoms with E-state index in [-0.39, 0.29) is 17.8 Å². The van der Waals surface area contributed by atoms with Crippen LogP contribution in [-0.4, -0.2) is 6.04 Å². The Labute approximate surface area is 88.1 Å². The van der Waals surface area contributed by atoms with Crippen LogP contribution in [0.4, 0.5) is 4.39 Å². The van der Waals surface area contributed by atoms with Crippen LogP contribution >= 0.6 is 11.6 Å². The van der Waals surface area contributed by atoms with Crippen LogP contribution in [-0.2, 0) is 0 Å². The molecular formula is C11H13ClFN. The minimum Gasteiger partial charge on any atom is -0.328 e. The molecule has 1 aromatic rings. The lowest BCUT2D eigenvalue weighted by molar-refractivity contribution is 0.589. The summed E-state index contributed by atoms with van der Waals surface area (Å²) in [4.78, 5) is 0. The minimum absolute atomic E-state index is 0.137. The van der Waals surface area contributed by atoms with Crippen molar-refractivity contribution < 1.29 is 4.39 Å². The summed E-state index contributed by atoms with van der Waals surface area (Å²) in [6, 6.07) is 4.85. The third-order valence-corrected chi connectivity index (χ3v) is 3.11. The van der Waals surface area contributed by atoms with E-state index in [1.165, 1.54) is 6.07 Å². The standard InChI is InChI=1S/C11H13ClFN/c1-6(14)8-5-9(8)10-4-7(12)2-3-11(10)13/h2-4,6,8-9H,5,14H2,1H3. The average molecular weight is 214 g/mol. The smallest absolute Gasteiger partial charge is 0.126 e. The summed E-state index contributed by atoms with van der Waals surface area (Å²) in [6.07, 6.45) is 0.981. The molecule has 1 saturated carbocycles. The molecule has 0 amide bonds. The van der Waals surface area contributed by atoms with Gasteiger partial charge < -0.3 is 5.73 Å². The van der Waals surface area contributed by atoms with Crippen LogP contribution in [0.5, 0.6) is 0 Å². The Kier molecular flexibility index (Phi) is 2.50. The summed E-state index contributed by atoms with van der Waals surface area (Å²) in [6.45, 7) is 1.97. The quantitative estimate of drug-likeness (QED) is 0.803. The van der Waals surface area contributed by atoms with Gasteiger partial charge in [0.1, 0.15) is 5.82 Å². The number of halogens is 2. The molecule has 76 valence electrons. The Hall–Kier alpha value is -0.600. The maximum absolute atomic E-state index is 13.4. The molecule has 1 aliphatic carbocycles. The van der Waals surface area contributed by atoms with Gasteiger partial charge in [0.05, 0.1) is 0 Å². The highest BCUT2D eigenvalue weighted by Crippen LogP contribution is 2.50. The SMILES string of the molecule is CC(N)C1CC1c1cc(Cl)ccc1F. The van der Waals surface area contributed by atoms with Gasteiger partial charge in [0, 0.05) is 11.1 Å². The van der Waals surface area contributed by atoms with Crippen LogP contribution in [0.15, 0.2) is 18.2 Å². The first-order chi connectivity index (χ1) is 6.59. The van der Waals surface area contributed by atoms with Gasteiger partial charge in [0.25, 0.3) is 0 Å². The molecule has 3 unspecified atom stereocenters. The average Bonchev–Trinajstić information content (AvgIpc) is 2.88. The lowest BCUT2D eigenvalue weighted by Gasteiger charge is -2.05. The fourth-order valence-electron chi connectivity index (χ4n) is 1.95. The third kappa shape index (κ3) is 1.77. The highest BCUT2D eigenvalue weighted by molar-refractivity contribution is 6.30. The van der Waals surface area contributed by atoms with Gasteiger partial charge in [-0.1, -0.05) is 11.6 Å². The van der Waals surface area contributed by atoms with Gasteiger partial charge in [-0.15, -0.1) is 0 Å². The highest BCUT2D eigenvalue weighted by Gasteiger charge is 2.42. The van der Waals surface area contributed by atoms with Crippen molar-refractivity contribution >= 4 is 11.6 Å². The van der Waals surface area contributed by atoms with Crippen molar-refractivity contribution in [3.63, 3.8) is 0 Å². The molecule has 1 nitrogen and oxygen atoms in total. The van der Waals surface area contributed by atoms with Gasteiger partial charge in [-0.05, 0) is 48.9 Å². The van der Waals surface area contributed by atoms with E-state index in [2.05, 4.69) is 0 Å². The van der Waals surface area contributed by atoms with Crippen LogP contribution in [0.3, 0.4) is 0 Å². The summed E-state index contributed by atoms with van der Waals surface area (Å²) in [5.41, 5.74) is 6.48. The lowest BCUT2D eigenvalue weighted by atomic mass is 10.1. The van der Waals surface area contributed by atoms with Gasteiger partial charge in [-0.3, -0.25) is 0 Å². The second-order valence-electron chi connectivity index (χ2n) is 4.03. The van der Waals surface area contributed by atoms with E-state index in [0.717, 1.165) is 12.0 Å². The number of hydrogen-bond donors (Lipinski definition) is 1. The molecule has 2 rings (SSSR count). The molecule has 0 heterocycles. The molecule has 0 spiro atoms. The molecule has 0 saturated heterocycles. The zero-order valence-electron chi connectivity index (χ0n) is 8.00. The molecule has 0 radical (unpaired) electrons. The summed E-state index contributed by atoms with van der Waals surface area (Å²) in [5, 5.41) is 0.594. The Morgan fingerprint density at radius 3 is 2.86 bits per heavy atom. The Bertz CT molecular complexity index is 351. The summed E-state index contributed by atoms with van der Waals surface area (Å²) >= 11 is 5.82. The van der Waals surface area contributed by atoms with Gasteiger partial charge in [0.15, 0.2) is 0 Å². The van der Waals surface area contributed by atoms with Crippen molar-refractivity contribution in [2.75, 3.05) is 0 Å². The number of benzene rings is 1. The minimum atomic E-state index is -0.164. The normalized spacial score (nSPS) is 27.4. The van der Waals surface area contributed by atoms with Crippen molar-refractivity contribution in [1.82, 2.24) is 0 Å². The fourth-order valence-corrected chi connectivity index (χ4v) is 2.13. The maximum Gasteiger partial charge on any atom is 0.126 e. The van der Waals surface area contributed by atoms with Gasteiger partial charge in [-0.25, -0.2) is 4.39 Å². The van der Waals surface area contributed by atoms with Crippen LogP contribution < -0.4 is 5.73 Å². The lowest BCUT2D eigenvalue weighted by Crippen LogP contribution is -2.18. The van der Waals surface area contributed by atoms with E-state index in [9.17, 15) is 4.39 Å². The van der Waals surface area contributed by atoms with Crippen molar-refractivity contribution in [3.8, 4) is 0 Å². The second kappa shape index (κ2) is 3.52. The Morgan fingerprint density at radius 1 is 1.57 bits per heavy atom. The molecule has 14 heavy (non-hydrogen) atoms. The van der Waals surface area contributed by atoms with E-state index in [4.69, 9.17) is 17.3 Å². The Morgan fingerprint density at radius 2 is 2.29 bits per heavy atom. The molecule has 1 aliphatic rings. The monoisotopic (exact) mass is 213 g/mol. The molecule has 1 fully saturated rings. The van der Waals surface area contributed by atoms with E-state index in [0.29, 0.717) is 10.9 Å². The molecule has 0 bridgehead atoms. The maximum atomic E-state index is 13.4. The summed E-state index contributed by atoms with van der Waals surface area (Å²) in [7, 11) is 0. The molecule has 1 aromatic carbocycles. The zero-order valence-corrected chi connectivity index (χ0v) is 8.76. The van der Waals surface area contributed by atoms with E-state index in [1.54, 1.807) is 12.1 Å². The van der Waals surface area contributed by atoms with E-state index < -0.39 is 0 Å². The summed E-state index contributed by atoms with van der Waals surface area (Å²) in [5.74, 6) is 0.527. The molecule has 3 heteroatoms. The van der Waals surface area contributed by atoms with Crippen LogP contribution in [0.25, 0.3) is 0 Å². The number of rotatable bonds is 2. The van der Waals surface area contributed by atoms with E-state index >= 15 is 0 Å². The van der Waals surface area contributed by atoms with Crippen molar-refractivity contribution in [1.29, 1.82) is 0 Å². The fraction of sp³-hybridized carbons (Fsp3) is 0.455. The molecule has 0 aromatic heterocycles. The van der Waals surface area contributed by atoms with Crippen molar-refractivity contribution in [2.45, 2.75) is 25.3 Å². The first-order valence-electron chi connectivity index (χ1n) is 4.80. The zero-order chi connectivity index (χ0) is 10.3. The second-order valence-corrected chi connectivity index (χ2v) is 4.47. The molecule has 0 aliphatic heterocycles. The molecule has 2 N–H and O–H groups in total. The topological polar surface area (TPSA) is 26.0 Å². The highest BCUT2D eigenvalue weighted by atomic mass is 35.5. The van der Waals surface area contributed by atoms with Crippen LogP contribution in [0, 0.1) is 11.7 Å². The van der Waals surface area contributed by atoms with Crippen molar-refractivity contribution in [2.24, 2.45) is 11.7 Å². The first kappa shape index (κ1) is 9.94. The van der Waals surface area contributed by atoms with Crippen LogP contribution in [0.1, 0.15) is 24.8 Å². The third-order valence-electron chi connectivity index (χ3n) is 2.87. The largest absolute Gasteiger partial charge is 0.328 e. The van der Waals surface area contributed by atoms with Gasteiger partial charge in [0.2, 0.25) is 0 Å². The van der Waals surface area contributed by atoms with Crippen molar-refractivity contribution in [3.05, 3.63) is 34.6 Å². The predicted octanol–water partition coefficient (Wildman–Crippen LogP) is 2.93. The summed E-state index contributed by atoms with van der Waals surface area (Å²) < 4.78 is 13.4. The molecule has 3 atom stereocenters. The molecular weight excluding hydrogens is 201 g/mol.